The van der Waals surface area contributed by atoms with E-state index in [-0.39, 0.29) is 6.09 Å². The van der Waals surface area contributed by atoms with Crippen molar-refractivity contribution < 1.29 is 14.3 Å². The Labute approximate surface area is 170 Å². The highest BCUT2D eigenvalue weighted by Crippen LogP contribution is 2.45. The van der Waals surface area contributed by atoms with Gasteiger partial charge in [0, 0.05) is 43.5 Å². The van der Waals surface area contributed by atoms with Crippen LogP contribution in [0, 0.1) is 11.8 Å². The number of fused-ring (bicyclic) bond motifs is 2. The molecule has 152 valence electrons. The number of amides is 1. The number of anilines is 1. The molecule has 1 fully saturated rings. The predicted octanol–water partition coefficient (Wildman–Crippen LogP) is 2.16. The fraction of sp³-hybridized carbons (Fsp3) is 0.476. The summed E-state index contributed by atoms with van der Waals surface area (Å²) < 4.78 is 13.4. The van der Waals surface area contributed by atoms with Gasteiger partial charge in [0.15, 0.2) is 0 Å². The van der Waals surface area contributed by atoms with Crippen molar-refractivity contribution in [2.45, 2.75) is 45.0 Å². The average molecular weight is 395 g/mol. The van der Waals surface area contributed by atoms with Gasteiger partial charge in [-0.1, -0.05) is 11.8 Å². The summed E-state index contributed by atoms with van der Waals surface area (Å²) in [6.45, 7) is 6.95. The van der Waals surface area contributed by atoms with Gasteiger partial charge in [0.1, 0.15) is 17.0 Å². The van der Waals surface area contributed by atoms with Gasteiger partial charge in [-0.15, -0.1) is 0 Å². The zero-order valence-corrected chi connectivity index (χ0v) is 17.2. The van der Waals surface area contributed by atoms with Gasteiger partial charge in [0.25, 0.3) is 0 Å². The van der Waals surface area contributed by atoms with Crippen molar-refractivity contribution >= 4 is 11.9 Å². The van der Waals surface area contributed by atoms with Gasteiger partial charge in [-0.3, -0.25) is 4.68 Å². The van der Waals surface area contributed by atoms with Crippen LogP contribution in [0.5, 0.6) is 0 Å². The topological polar surface area (TPSA) is 95.5 Å². The molecule has 8 nitrogen and oxygen atoms in total. The smallest absolute Gasteiger partial charge is 0.410 e. The van der Waals surface area contributed by atoms with E-state index in [4.69, 9.17) is 15.2 Å². The van der Waals surface area contributed by atoms with Crippen molar-refractivity contribution in [2.75, 3.05) is 18.8 Å². The number of pyridine rings is 1. The van der Waals surface area contributed by atoms with Crippen LogP contribution >= 0.6 is 0 Å². The largest absolute Gasteiger partial charge is 0.444 e. The van der Waals surface area contributed by atoms with E-state index in [2.05, 4.69) is 21.9 Å². The maximum absolute atomic E-state index is 12.6. The lowest BCUT2D eigenvalue weighted by Crippen LogP contribution is -2.38. The van der Waals surface area contributed by atoms with Crippen LogP contribution in [0.4, 0.5) is 10.6 Å². The molecule has 0 aliphatic carbocycles. The second-order valence-electron chi connectivity index (χ2n) is 8.51. The summed E-state index contributed by atoms with van der Waals surface area (Å²) in [5, 5.41) is 4.14. The third-order valence-corrected chi connectivity index (χ3v) is 5.07. The molecule has 2 aromatic heterocycles. The van der Waals surface area contributed by atoms with Crippen LogP contribution in [0.25, 0.3) is 0 Å². The number of carbonyl (C=O) groups excluding carboxylic acids is 1. The van der Waals surface area contributed by atoms with Gasteiger partial charge in [-0.05, 0) is 20.8 Å². The molecule has 0 saturated carbocycles. The Bertz CT molecular complexity index is 1030. The molecule has 1 saturated heterocycles. The number of hydrogen-bond donors (Lipinski definition) is 1. The molecule has 0 bridgehead atoms. The molecule has 2 aliphatic rings. The van der Waals surface area contributed by atoms with E-state index in [9.17, 15) is 4.79 Å². The van der Waals surface area contributed by atoms with Crippen molar-refractivity contribution in [3.8, 4) is 11.8 Å². The Morgan fingerprint density at radius 2 is 2.14 bits per heavy atom. The van der Waals surface area contributed by atoms with Crippen LogP contribution in [0.3, 0.4) is 0 Å². The zero-order chi connectivity index (χ0) is 20.8. The van der Waals surface area contributed by atoms with Crippen molar-refractivity contribution in [2.24, 2.45) is 7.05 Å². The van der Waals surface area contributed by atoms with Crippen molar-refractivity contribution in [3.63, 3.8) is 0 Å². The van der Waals surface area contributed by atoms with Crippen LogP contribution in [0.15, 0.2) is 18.6 Å². The lowest BCUT2D eigenvalue weighted by Gasteiger charge is -2.27. The molecule has 2 aliphatic heterocycles. The lowest BCUT2D eigenvalue weighted by molar-refractivity contribution is -0.0328. The molecule has 4 rings (SSSR count). The molecular formula is C21H25N5O3. The summed E-state index contributed by atoms with van der Waals surface area (Å²) in [5.41, 5.74) is 8.36. The first-order valence-electron chi connectivity index (χ1n) is 9.57. The number of rotatable bonds is 0. The van der Waals surface area contributed by atoms with Crippen LogP contribution in [-0.4, -0.2) is 44.4 Å². The third kappa shape index (κ3) is 3.66. The number of carbonyl (C=O) groups is 1. The number of likely N-dealkylation sites (tertiary alicyclic amines) is 1. The van der Waals surface area contributed by atoms with Gasteiger partial charge in [-0.2, -0.15) is 5.10 Å². The van der Waals surface area contributed by atoms with Crippen LogP contribution in [0.2, 0.25) is 0 Å². The minimum Gasteiger partial charge on any atom is -0.444 e. The van der Waals surface area contributed by atoms with E-state index >= 15 is 0 Å². The molecule has 2 N–H and O–H groups in total. The van der Waals surface area contributed by atoms with Crippen molar-refractivity contribution in [1.82, 2.24) is 19.7 Å². The van der Waals surface area contributed by atoms with Crippen LogP contribution in [0.1, 0.15) is 49.4 Å². The number of aromatic nitrogens is 3. The Balaban J connectivity index is 1.67. The SMILES string of the molecule is Cn1cc(C#Cc2c(N)ncc3c2C2(CCN(C(=O)OC(C)(C)C)C2)OC3)cn1. The highest BCUT2D eigenvalue weighted by atomic mass is 16.6. The molecule has 0 aromatic carbocycles. The number of nitrogens with zero attached hydrogens (tertiary/aromatic N) is 4. The second-order valence-corrected chi connectivity index (χ2v) is 8.51. The molecule has 0 radical (unpaired) electrons. The molecule has 1 spiro atoms. The zero-order valence-electron chi connectivity index (χ0n) is 17.2. The Morgan fingerprint density at radius 3 is 2.83 bits per heavy atom. The van der Waals surface area contributed by atoms with E-state index in [0.717, 1.165) is 16.7 Å². The molecule has 4 heterocycles. The summed E-state index contributed by atoms with van der Waals surface area (Å²) in [7, 11) is 1.84. The van der Waals surface area contributed by atoms with Gasteiger partial charge in [0.2, 0.25) is 0 Å². The average Bonchev–Trinajstić information content (AvgIpc) is 3.34. The number of ether oxygens (including phenoxy) is 2. The van der Waals surface area contributed by atoms with Gasteiger partial charge in [0.05, 0.1) is 30.5 Å². The number of nitrogen functional groups attached to an aromatic ring is 1. The van der Waals surface area contributed by atoms with E-state index in [0.29, 0.717) is 37.5 Å². The van der Waals surface area contributed by atoms with E-state index < -0.39 is 11.2 Å². The highest BCUT2D eigenvalue weighted by molar-refractivity contribution is 5.69. The predicted molar refractivity (Wildman–Crippen MR) is 107 cm³/mol. The molecule has 29 heavy (non-hydrogen) atoms. The fourth-order valence-electron chi connectivity index (χ4n) is 3.82. The van der Waals surface area contributed by atoms with Gasteiger partial charge < -0.3 is 20.1 Å². The lowest BCUT2D eigenvalue weighted by atomic mass is 9.88. The van der Waals surface area contributed by atoms with E-state index in [1.165, 1.54) is 0 Å². The molecular weight excluding hydrogens is 370 g/mol. The van der Waals surface area contributed by atoms with Crippen molar-refractivity contribution in [1.29, 1.82) is 0 Å². The second kappa shape index (κ2) is 6.78. The Kier molecular flexibility index (Phi) is 4.50. The van der Waals surface area contributed by atoms with Crippen LogP contribution < -0.4 is 5.73 Å². The Hall–Kier alpha value is -3.05. The van der Waals surface area contributed by atoms with Crippen molar-refractivity contribution in [3.05, 3.63) is 40.8 Å². The normalized spacial score (nSPS) is 20.5. The first kappa shape index (κ1) is 19.3. The van der Waals surface area contributed by atoms with E-state index in [1.54, 1.807) is 22.0 Å². The maximum atomic E-state index is 12.6. The molecule has 1 unspecified atom stereocenters. The molecule has 1 amide bonds. The minimum absolute atomic E-state index is 0.337. The number of nitrogens with two attached hydrogens (primary N) is 1. The monoisotopic (exact) mass is 395 g/mol. The first-order chi connectivity index (χ1) is 13.7. The Morgan fingerprint density at radius 1 is 1.34 bits per heavy atom. The summed E-state index contributed by atoms with van der Waals surface area (Å²) >= 11 is 0. The number of aryl methyl sites for hydroxylation is 1. The summed E-state index contributed by atoms with van der Waals surface area (Å²) in [6, 6.07) is 0. The standard InChI is InChI=1S/C21H25N5O3/c1-20(2,3)29-19(27)26-8-7-21(13-26)17-15(12-28-21)10-23-18(22)16(17)6-5-14-9-24-25(4)11-14/h9-11H,7-8,12-13H2,1-4H3,(H2,22,23). The maximum Gasteiger partial charge on any atom is 0.410 e. The number of hydrogen-bond acceptors (Lipinski definition) is 6. The fourth-order valence-corrected chi connectivity index (χ4v) is 3.82. The van der Waals surface area contributed by atoms with Crippen LogP contribution in [-0.2, 0) is 28.7 Å². The molecule has 1 atom stereocenters. The summed E-state index contributed by atoms with van der Waals surface area (Å²) in [5.74, 6) is 6.64. The van der Waals surface area contributed by atoms with Gasteiger partial charge >= 0.3 is 6.09 Å². The highest BCUT2D eigenvalue weighted by Gasteiger charge is 2.49. The van der Waals surface area contributed by atoms with Gasteiger partial charge in [-0.25, -0.2) is 9.78 Å². The minimum atomic E-state index is -0.637. The quantitative estimate of drug-likeness (QED) is 0.687. The third-order valence-electron chi connectivity index (χ3n) is 5.07. The summed E-state index contributed by atoms with van der Waals surface area (Å²) in [6.07, 6.45) is 5.60. The van der Waals surface area contributed by atoms with E-state index in [1.807, 2.05) is 34.0 Å². The first-order valence-corrected chi connectivity index (χ1v) is 9.57. The summed E-state index contributed by atoms with van der Waals surface area (Å²) in [4.78, 5) is 18.5. The molecule has 2 aromatic rings. The molecule has 8 heteroatoms.